The van der Waals surface area contributed by atoms with Gasteiger partial charge in [-0.25, -0.2) is 0 Å². The summed E-state index contributed by atoms with van der Waals surface area (Å²) in [6.45, 7) is 3.01. The van der Waals surface area contributed by atoms with Crippen LogP contribution < -0.4 is 4.74 Å². The predicted molar refractivity (Wildman–Crippen MR) is 71.7 cm³/mol. The van der Waals surface area contributed by atoms with Gasteiger partial charge in [-0.05, 0) is 43.4 Å². The number of likely N-dealkylation sites (N-methyl/N-ethyl adjacent to an activating group) is 1. The van der Waals surface area contributed by atoms with E-state index in [-0.39, 0.29) is 12.5 Å². The average molecular weight is 247 g/mol. The van der Waals surface area contributed by atoms with E-state index in [1.165, 1.54) is 19.3 Å². The maximum absolute atomic E-state index is 11.9. The Labute approximate surface area is 109 Å². The van der Waals surface area contributed by atoms with E-state index in [9.17, 15) is 4.79 Å². The van der Waals surface area contributed by atoms with Gasteiger partial charge >= 0.3 is 0 Å². The van der Waals surface area contributed by atoms with E-state index in [2.05, 4.69) is 0 Å². The van der Waals surface area contributed by atoms with Crippen LogP contribution in [0.3, 0.4) is 0 Å². The SMILES string of the molecule is Cc1cccc(OCC(=O)N(C)CC2CCC2)c1. The number of carbonyl (C=O) groups excluding carboxylic acids is 1. The molecule has 0 bridgehead atoms. The molecule has 0 spiro atoms. The van der Waals surface area contributed by atoms with E-state index in [1.54, 1.807) is 4.90 Å². The van der Waals surface area contributed by atoms with Crippen LogP contribution in [0.15, 0.2) is 24.3 Å². The number of hydrogen-bond donors (Lipinski definition) is 0. The summed E-state index contributed by atoms with van der Waals surface area (Å²) in [5, 5.41) is 0. The van der Waals surface area contributed by atoms with Gasteiger partial charge in [0.05, 0.1) is 0 Å². The van der Waals surface area contributed by atoms with Crippen LogP contribution in [0.25, 0.3) is 0 Å². The number of amides is 1. The molecule has 0 N–H and O–H groups in total. The van der Waals surface area contributed by atoms with Gasteiger partial charge < -0.3 is 9.64 Å². The van der Waals surface area contributed by atoms with Crippen molar-refractivity contribution in [2.24, 2.45) is 5.92 Å². The zero-order valence-corrected chi connectivity index (χ0v) is 11.2. The van der Waals surface area contributed by atoms with Gasteiger partial charge in [0.25, 0.3) is 5.91 Å². The molecule has 3 nitrogen and oxygen atoms in total. The van der Waals surface area contributed by atoms with E-state index in [4.69, 9.17) is 4.74 Å². The number of benzene rings is 1. The highest BCUT2D eigenvalue weighted by Crippen LogP contribution is 2.26. The second kappa shape index (κ2) is 5.89. The smallest absolute Gasteiger partial charge is 0.260 e. The molecule has 98 valence electrons. The van der Waals surface area contributed by atoms with Crippen molar-refractivity contribution in [3.05, 3.63) is 29.8 Å². The lowest BCUT2D eigenvalue weighted by molar-refractivity contribution is -0.133. The van der Waals surface area contributed by atoms with Gasteiger partial charge in [-0.1, -0.05) is 18.6 Å². The molecule has 0 unspecified atom stereocenters. The van der Waals surface area contributed by atoms with Crippen LogP contribution in [0.5, 0.6) is 5.75 Å². The van der Waals surface area contributed by atoms with Crippen LogP contribution in [0.1, 0.15) is 24.8 Å². The quantitative estimate of drug-likeness (QED) is 0.800. The first-order valence-corrected chi connectivity index (χ1v) is 6.58. The Morgan fingerprint density at radius 2 is 2.22 bits per heavy atom. The molecule has 1 amide bonds. The summed E-state index contributed by atoms with van der Waals surface area (Å²) in [5.41, 5.74) is 1.14. The van der Waals surface area contributed by atoms with Crippen molar-refractivity contribution < 1.29 is 9.53 Å². The molecule has 1 fully saturated rings. The maximum atomic E-state index is 11.9. The molecule has 0 aliphatic heterocycles. The molecule has 0 saturated heterocycles. The zero-order valence-electron chi connectivity index (χ0n) is 11.2. The monoisotopic (exact) mass is 247 g/mol. The zero-order chi connectivity index (χ0) is 13.0. The van der Waals surface area contributed by atoms with Crippen molar-refractivity contribution in [3.8, 4) is 5.75 Å². The Balaban J connectivity index is 1.76. The van der Waals surface area contributed by atoms with Crippen LogP contribution in [-0.4, -0.2) is 31.0 Å². The molecule has 2 rings (SSSR count). The Morgan fingerprint density at radius 3 is 2.83 bits per heavy atom. The van der Waals surface area contributed by atoms with Crippen molar-refractivity contribution >= 4 is 5.91 Å². The molecule has 1 aromatic carbocycles. The van der Waals surface area contributed by atoms with Crippen molar-refractivity contribution in [3.63, 3.8) is 0 Å². The van der Waals surface area contributed by atoms with Crippen molar-refractivity contribution in [1.29, 1.82) is 0 Å². The highest BCUT2D eigenvalue weighted by molar-refractivity contribution is 5.77. The summed E-state index contributed by atoms with van der Waals surface area (Å²) in [4.78, 5) is 13.7. The van der Waals surface area contributed by atoms with Crippen molar-refractivity contribution in [1.82, 2.24) is 4.90 Å². The molecule has 0 aromatic heterocycles. The molecule has 3 heteroatoms. The molecule has 0 atom stereocenters. The average Bonchev–Trinajstić information content (AvgIpc) is 2.30. The van der Waals surface area contributed by atoms with E-state index in [1.807, 2.05) is 38.2 Å². The summed E-state index contributed by atoms with van der Waals surface area (Å²) in [7, 11) is 1.86. The largest absolute Gasteiger partial charge is 0.484 e. The van der Waals surface area contributed by atoms with Gasteiger partial charge in [0, 0.05) is 13.6 Å². The third-order valence-electron chi connectivity index (χ3n) is 3.53. The summed E-state index contributed by atoms with van der Waals surface area (Å²) in [6, 6.07) is 7.77. The lowest BCUT2D eigenvalue weighted by atomic mass is 9.85. The minimum absolute atomic E-state index is 0.0587. The Morgan fingerprint density at radius 1 is 1.44 bits per heavy atom. The molecule has 1 saturated carbocycles. The summed E-state index contributed by atoms with van der Waals surface area (Å²) in [6.07, 6.45) is 3.83. The maximum Gasteiger partial charge on any atom is 0.260 e. The summed E-state index contributed by atoms with van der Waals surface area (Å²) in [5.74, 6) is 1.53. The fraction of sp³-hybridized carbons (Fsp3) is 0.533. The number of aryl methyl sites for hydroxylation is 1. The number of rotatable bonds is 5. The third kappa shape index (κ3) is 3.49. The number of hydrogen-bond acceptors (Lipinski definition) is 2. The van der Waals surface area contributed by atoms with Crippen LogP contribution in [0.2, 0.25) is 0 Å². The standard InChI is InChI=1S/C15H21NO2/c1-12-5-3-8-14(9-12)18-11-15(17)16(2)10-13-6-4-7-13/h3,5,8-9,13H,4,6-7,10-11H2,1-2H3. The molecule has 0 heterocycles. The van der Waals surface area contributed by atoms with E-state index in [0.717, 1.165) is 17.9 Å². The lowest BCUT2D eigenvalue weighted by Crippen LogP contribution is -2.37. The van der Waals surface area contributed by atoms with E-state index in [0.29, 0.717) is 5.92 Å². The Bertz CT molecular complexity index is 413. The van der Waals surface area contributed by atoms with Gasteiger partial charge in [0.15, 0.2) is 6.61 Å². The minimum Gasteiger partial charge on any atom is -0.484 e. The van der Waals surface area contributed by atoms with Crippen LogP contribution >= 0.6 is 0 Å². The molecule has 18 heavy (non-hydrogen) atoms. The van der Waals surface area contributed by atoms with Gasteiger partial charge in [0.1, 0.15) is 5.75 Å². The summed E-state index contributed by atoms with van der Waals surface area (Å²) >= 11 is 0. The second-order valence-electron chi connectivity index (χ2n) is 5.18. The van der Waals surface area contributed by atoms with Gasteiger partial charge in [0.2, 0.25) is 0 Å². The highest BCUT2D eigenvalue weighted by atomic mass is 16.5. The van der Waals surface area contributed by atoms with Crippen LogP contribution in [0.4, 0.5) is 0 Å². The first kappa shape index (κ1) is 12.9. The first-order chi connectivity index (χ1) is 8.65. The second-order valence-corrected chi connectivity index (χ2v) is 5.18. The third-order valence-corrected chi connectivity index (χ3v) is 3.53. The van der Waals surface area contributed by atoms with Crippen molar-refractivity contribution in [2.75, 3.05) is 20.2 Å². The van der Waals surface area contributed by atoms with Gasteiger partial charge in [-0.2, -0.15) is 0 Å². The number of carbonyl (C=O) groups is 1. The first-order valence-electron chi connectivity index (χ1n) is 6.58. The van der Waals surface area contributed by atoms with E-state index >= 15 is 0 Å². The fourth-order valence-corrected chi connectivity index (χ4v) is 2.12. The van der Waals surface area contributed by atoms with E-state index < -0.39 is 0 Å². The normalized spacial score (nSPS) is 15.0. The highest BCUT2D eigenvalue weighted by Gasteiger charge is 2.21. The molecular formula is C15H21NO2. The topological polar surface area (TPSA) is 29.5 Å². The summed E-state index contributed by atoms with van der Waals surface area (Å²) < 4.78 is 5.51. The number of ether oxygens (including phenoxy) is 1. The number of nitrogens with zero attached hydrogens (tertiary/aromatic N) is 1. The molecule has 1 aliphatic rings. The van der Waals surface area contributed by atoms with Crippen molar-refractivity contribution in [2.45, 2.75) is 26.2 Å². The Hall–Kier alpha value is -1.51. The van der Waals surface area contributed by atoms with Gasteiger partial charge in [-0.15, -0.1) is 0 Å². The van der Waals surface area contributed by atoms with Crippen LogP contribution in [-0.2, 0) is 4.79 Å². The Kier molecular flexibility index (Phi) is 4.24. The molecule has 0 radical (unpaired) electrons. The molecule has 1 aliphatic carbocycles. The minimum atomic E-state index is 0.0587. The lowest BCUT2D eigenvalue weighted by Gasteiger charge is -2.30. The molecule has 1 aromatic rings. The predicted octanol–water partition coefficient (Wildman–Crippen LogP) is 2.63. The molecular weight excluding hydrogens is 226 g/mol. The van der Waals surface area contributed by atoms with Crippen LogP contribution in [0, 0.1) is 12.8 Å². The fourth-order valence-electron chi connectivity index (χ4n) is 2.12. The van der Waals surface area contributed by atoms with Gasteiger partial charge in [-0.3, -0.25) is 4.79 Å².